The summed E-state index contributed by atoms with van der Waals surface area (Å²) in [5.74, 6) is 0. The van der Waals surface area contributed by atoms with Crippen molar-refractivity contribution in [2.75, 3.05) is 6.54 Å². The Kier molecular flexibility index (Phi) is 2.99. The van der Waals surface area contributed by atoms with Gasteiger partial charge in [-0.25, -0.2) is 4.98 Å². The Morgan fingerprint density at radius 1 is 1.71 bits per heavy atom. The van der Waals surface area contributed by atoms with Crippen LogP contribution in [0.3, 0.4) is 0 Å². The summed E-state index contributed by atoms with van der Waals surface area (Å²) < 4.78 is 0. The largest absolute Gasteiger partial charge is 0.306 e. The third-order valence-corrected chi connectivity index (χ3v) is 3.69. The molecule has 1 aliphatic rings. The minimum Gasteiger partial charge on any atom is -0.306 e. The maximum Gasteiger partial charge on any atom is 0.0900 e. The summed E-state index contributed by atoms with van der Waals surface area (Å²) in [7, 11) is 0. The molecule has 2 rings (SSSR count). The van der Waals surface area contributed by atoms with Gasteiger partial charge in [-0.15, -0.1) is 17.9 Å². The summed E-state index contributed by atoms with van der Waals surface area (Å²) in [6, 6.07) is 0.517. The van der Waals surface area contributed by atoms with E-state index in [1.165, 1.54) is 28.4 Å². The molecule has 0 spiro atoms. The van der Waals surface area contributed by atoms with Gasteiger partial charge in [0.2, 0.25) is 0 Å². The molecule has 0 bridgehead atoms. The SMILES string of the molecule is C=CCNC1CCCc2nc(C)sc21. The summed E-state index contributed by atoms with van der Waals surface area (Å²) in [4.78, 5) is 6.02. The zero-order valence-corrected chi connectivity index (χ0v) is 9.36. The lowest BCUT2D eigenvalue weighted by atomic mass is 9.98. The molecule has 0 amide bonds. The molecule has 1 aliphatic carbocycles. The van der Waals surface area contributed by atoms with E-state index in [1.807, 2.05) is 17.4 Å². The lowest BCUT2D eigenvalue weighted by Crippen LogP contribution is -2.24. The molecule has 1 unspecified atom stereocenters. The quantitative estimate of drug-likeness (QED) is 0.772. The van der Waals surface area contributed by atoms with Crippen LogP contribution in [-0.2, 0) is 6.42 Å². The minimum absolute atomic E-state index is 0.517. The number of aryl methyl sites for hydroxylation is 2. The van der Waals surface area contributed by atoms with Gasteiger partial charge >= 0.3 is 0 Å². The van der Waals surface area contributed by atoms with Crippen molar-refractivity contribution in [1.29, 1.82) is 0 Å². The van der Waals surface area contributed by atoms with Gasteiger partial charge in [0.1, 0.15) is 0 Å². The molecule has 0 aliphatic heterocycles. The average Bonchev–Trinajstić information content (AvgIpc) is 2.55. The molecule has 0 saturated heterocycles. The number of rotatable bonds is 3. The first-order chi connectivity index (χ1) is 6.81. The number of hydrogen-bond acceptors (Lipinski definition) is 3. The lowest BCUT2D eigenvalue weighted by molar-refractivity contribution is 0.485. The van der Waals surface area contributed by atoms with Crippen LogP contribution < -0.4 is 5.32 Å². The highest BCUT2D eigenvalue weighted by molar-refractivity contribution is 7.11. The van der Waals surface area contributed by atoms with Crippen LogP contribution in [0.25, 0.3) is 0 Å². The summed E-state index contributed by atoms with van der Waals surface area (Å²) in [5.41, 5.74) is 1.32. The first-order valence-electron chi connectivity index (χ1n) is 5.11. The van der Waals surface area contributed by atoms with E-state index in [4.69, 9.17) is 0 Å². The average molecular weight is 208 g/mol. The molecule has 1 atom stereocenters. The number of nitrogens with one attached hydrogen (secondary N) is 1. The van der Waals surface area contributed by atoms with Gasteiger partial charge < -0.3 is 5.32 Å². The number of fused-ring (bicyclic) bond motifs is 1. The second kappa shape index (κ2) is 4.24. The Bertz CT molecular complexity index is 330. The third kappa shape index (κ3) is 1.88. The molecule has 1 aromatic heterocycles. The van der Waals surface area contributed by atoms with Gasteiger partial charge in [-0.05, 0) is 26.2 Å². The molecule has 76 valence electrons. The fourth-order valence-electron chi connectivity index (χ4n) is 1.96. The first-order valence-corrected chi connectivity index (χ1v) is 5.93. The summed E-state index contributed by atoms with van der Waals surface area (Å²) in [6.45, 7) is 6.71. The standard InChI is InChI=1S/C11H16N2S/c1-3-7-12-9-5-4-6-10-11(9)14-8(2)13-10/h3,9,12H,1,4-7H2,2H3. The Labute approximate surface area is 89.1 Å². The van der Waals surface area contributed by atoms with E-state index in [9.17, 15) is 0 Å². The van der Waals surface area contributed by atoms with E-state index >= 15 is 0 Å². The maximum absolute atomic E-state index is 4.56. The molecule has 1 heterocycles. The highest BCUT2D eigenvalue weighted by Crippen LogP contribution is 2.33. The Balaban J connectivity index is 2.17. The van der Waals surface area contributed by atoms with E-state index in [0.29, 0.717) is 6.04 Å². The minimum atomic E-state index is 0.517. The van der Waals surface area contributed by atoms with Gasteiger partial charge in [0.05, 0.1) is 10.7 Å². The van der Waals surface area contributed by atoms with Crippen LogP contribution in [0.1, 0.15) is 34.5 Å². The second-order valence-corrected chi connectivity index (χ2v) is 4.92. The van der Waals surface area contributed by atoms with Crippen LogP contribution in [0.2, 0.25) is 0 Å². The Hall–Kier alpha value is -0.670. The Morgan fingerprint density at radius 2 is 2.57 bits per heavy atom. The van der Waals surface area contributed by atoms with Crippen molar-refractivity contribution < 1.29 is 0 Å². The van der Waals surface area contributed by atoms with Crippen LogP contribution in [0.4, 0.5) is 0 Å². The fraction of sp³-hybridized carbons (Fsp3) is 0.545. The van der Waals surface area contributed by atoms with Gasteiger partial charge in [-0.2, -0.15) is 0 Å². The van der Waals surface area contributed by atoms with Crippen LogP contribution >= 0.6 is 11.3 Å². The molecular formula is C11H16N2S. The van der Waals surface area contributed by atoms with Crippen LogP contribution in [0.5, 0.6) is 0 Å². The van der Waals surface area contributed by atoms with Crippen molar-refractivity contribution in [3.63, 3.8) is 0 Å². The number of thiazole rings is 1. The number of aromatic nitrogens is 1. The van der Waals surface area contributed by atoms with Crippen LogP contribution in [-0.4, -0.2) is 11.5 Å². The van der Waals surface area contributed by atoms with Crippen molar-refractivity contribution in [1.82, 2.24) is 10.3 Å². The van der Waals surface area contributed by atoms with Crippen molar-refractivity contribution in [2.24, 2.45) is 0 Å². The number of nitrogens with zero attached hydrogens (tertiary/aromatic N) is 1. The van der Waals surface area contributed by atoms with Gasteiger partial charge in [0.25, 0.3) is 0 Å². The molecule has 1 aromatic rings. The maximum atomic E-state index is 4.56. The predicted octanol–water partition coefficient (Wildman–Crippen LogP) is 2.60. The second-order valence-electron chi connectivity index (χ2n) is 3.69. The molecule has 3 heteroatoms. The highest BCUT2D eigenvalue weighted by Gasteiger charge is 2.22. The monoisotopic (exact) mass is 208 g/mol. The summed E-state index contributed by atoms with van der Waals surface area (Å²) in [6.07, 6.45) is 5.57. The van der Waals surface area contributed by atoms with E-state index < -0.39 is 0 Å². The first kappa shape index (κ1) is 9.87. The predicted molar refractivity (Wildman–Crippen MR) is 60.7 cm³/mol. The van der Waals surface area contributed by atoms with Crippen molar-refractivity contribution in [3.05, 3.63) is 28.2 Å². The van der Waals surface area contributed by atoms with Gasteiger partial charge in [0, 0.05) is 17.5 Å². The molecule has 0 aromatic carbocycles. The van der Waals surface area contributed by atoms with Crippen LogP contribution in [0.15, 0.2) is 12.7 Å². The van der Waals surface area contributed by atoms with Crippen molar-refractivity contribution in [2.45, 2.75) is 32.2 Å². The molecule has 0 fully saturated rings. The van der Waals surface area contributed by atoms with E-state index in [0.717, 1.165) is 13.0 Å². The van der Waals surface area contributed by atoms with Gasteiger partial charge in [-0.1, -0.05) is 6.08 Å². The van der Waals surface area contributed by atoms with Crippen LogP contribution in [0, 0.1) is 6.92 Å². The molecule has 0 saturated carbocycles. The van der Waals surface area contributed by atoms with Gasteiger partial charge in [-0.3, -0.25) is 0 Å². The summed E-state index contributed by atoms with van der Waals surface area (Å²) in [5, 5.41) is 4.69. The van der Waals surface area contributed by atoms with Crippen molar-refractivity contribution >= 4 is 11.3 Å². The Morgan fingerprint density at radius 3 is 3.36 bits per heavy atom. The molecule has 2 nitrogen and oxygen atoms in total. The lowest BCUT2D eigenvalue weighted by Gasteiger charge is -2.21. The molecular weight excluding hydrogens is 192 g/mol. The zero-order chi connectivity index (χ0) is 9.97. The fourth-order valence-corrected chi connectivity index (χ4v) is 3.05. The molecule has 1 N–H and O–H groups in total. The topological polar surface area (TPSA) is 24.9 Å². The van der Waals surface area contributed by atoms with E-state index in [2.05, 4.69) is 23.8 Å². The molecule has 0 radical (unpaired) electrons. The molecule has 14 heavy (non-hydrogen) atoms. The van der Waals surface area contributed by atoms with Gasteiger partial charge in [0.15, 0.2) is 0 Å². The van der Waals surface area contributed by atoms with E-state index in [-0.39, 0.29) is 0 Å². The normalized spacial score (nSPS) is 20.5. The zero-order valence-electron chi connectivity index (χ0n) is 8.55. The summed E-state index contributed by atoms with van der Waals surface area (Å²) >= 11 is 1.84. The smallest absolute Gasteiger partial charge is 0.0900 e. The van der Waals surface area contributed by atoms with E-state index in [1.54, 1.807) is 0 Å². The third-order valence-electron chi connectivity index (χ3n) is 2.57. The number of hydrogen-bond donors (Lipinski definition) is 1. The van der Waals surface area contributed by atoms with Crippen molar-refractivity contribution in [3.8, 4) is 0 Å². The highest BCUT2D eigenvalue weighted by atomic mass is 32.1.